The molecule has 11 heavy (non-hydrogen) atoms. The molecular weight excluding hydrogens is 183 g/mol. The normalized spacial score (nSPS) is 12.5. The number of benzene rings is 1. The van der Waals surface area contributed by atoms with E-state index in [9.17, 15) is 0 Å². The molecule has 1 atom stereocenters. The van der Waals surface area contributed by atoms with Crippen LogP contribution < -0.4 is 4.89 Å². The fourth-order valence-electron chi connectivity index (χ4n) is 0.570. The molecule has 0 aliphatic heterocycles. The van der Waals surface area contributed by atoms with E-state index in [4.69, 9.17) is 20.8 Å². The molecule has 1 unspecified atom stereocenters. The van der Waals surface area contributed by atoms with Gasteiger partial charge in [0, 0.05) is 0 Å². The lowest BCUT2D eigenvalue weighted by Gasteiger charge is -2.03. The topological polar surface area (TPSA) is 18.5 Å². The summed E-state index contributed by atoms with van der Waals surface area (Å²) in [6.07, 6.45) is 0. The fraction of sp³-hybridized carbons (Fsp3) is 0.143. The summed E-state index contributed by atoms with van der Waals surface area (Å²) >= 11 is 5.55. The van der Waals surface area contributed by atoms with E-state index in [1.165, 1.54) is 0 Å². The Labute approximate surface area is 71.6 Å². The minimum absolute atomic E-state index is 0.669. The molecule has 0 heterocycles. The first-order valence-electron chi connectivity index (χ1n) is 3.08. The molecule has 0 bridgehead atoms. The van der Waals surface area contributed by atoms with Crippen molar-refractivity contribution in [1.29, 1.82) is 0 Å². The lowest BCUT2D eigenvalue weighted by Crippen LogP contribution is -1.87. The molecule has 0 N–H and O–H groups in total. The Morgan fingerprint density at radius 3 is 2.45 bits per heavy atom. The van der Waals surface area contributed by atoms with Gasteiger partial charge in [0.2, 0.25) is 0 Å². The molecule has 60 valence electrons. The van der Waals surface area contributed by atoms with Crippen LogP contribution in [0.4, 0.5) is 0 Å². The van der Waals surface area contributed by atoms with Crippen LogP contribution in [-0.4, -0.2) is 6.66 Å². The van der Waals surface area contributed by atoms with Crippen molar-refractivity contribution in [2.75, 3.05) is 6.66 Å². The Morgan fingerprint density at radius 1 is 1.27 bits per heavy atom. The molecule has 0 aromatic heterocycles. The molecule has 0 saturated carbocycles. The second kappa shape index (κ2) is 4.55. The summed E-state index contributed by atoms with van der Waals surface area (Å²) in [5.74, 6) is 0.669. The van der Waals surface area contributed by atoms with E-state index in [-0.39, 0.29) is 0 Å². The van der Waals surface area contributed by atoms with Crippen molar-refractivity contribution >= 4 is 18.7 Å². The average Bonchev–Trinajstić information content (AvgIpc) is 2.03. The maximum absolute atomic E-state index is 5.55. The summed E-state index contributed by atoms with van der Waals surface area (Å²) in [6, 6.07) is 9.24. The van der Waals surface area contributed by atoms with Crippen molar-refractivity contribution in [3.05, 3.63) is 30.3 Å². The first-order chi connectivity index (χ1) is 5.29. The Balaban J connectivity index is 2.39. The highest BCUT2D eigenvalue weighted by molar-refractivity contribution is 7.79. The summed E-state index contributed by atoms with van der Waals surface area (Å²) in [4.78, 5) is 4.86. The molecule has 0 spiro atoms. The Hall–Kier alpha value is -0.300. The van der Waals surface area contributed by atoms with Gasteiger partial charge in [-0.1, -0.05) is 29.4 Å². The van der Waals surface area contributed by atoms with Gasteiger partial charge in [0.1, 0.15) is 0 Å². The molecule has 0 saturated heterocycles. The largest absolute Gasteiger partial charge is 0.333 e. The second-order valence-corrected chi connectivity index (χ2v) is 4.31. The maximum Gasteiger partial charge on any atom is 0.175 e. The quantitative estimate of drug-likeness (QED) is 0.414. The van der Waals surface area contributed by atoms with Crippen LogP contribution in [0.2, 0.25) is 0 Å². The first kappa shape index (κ1) is 8.79. The number of hydrogen-bond acceptors (Lipinski definition) is 2. The van der Waals surface area contributed by atoms with Crippen molar-refractivity contribution in [2.45, 2.75) is 0 Å². The molecule has 0 fully saturated rings. The highest BCUT2D eigenvalue weighted by Gasteiger charge is 1.97. The van der Waals surface area contributed by atoms with E-state index in [1.54, 1.807) is 18.8 Å². The third kappa shape index (κ3) is 3.57. The fourth-order valence-corrected chi connectivity index (χ4v) is 0.844. The van der Waals surface area contributed by atoms with Crippen LogP contribution in [0.1, 0.15) is 0 Å². The minimum atomic E-state index is -0.974. The monoisotopic (exact) mass is 190 g/mol. The molecule has 1 rings (SSSR count). The predicted molar refractivity (Wildman–Crippen MR) is 46.9 cm³/mol. The maximum atomic E-state index is 5.55. The van der Waals surface area contributed by atoms with E-state index in [1.807, 2.05) is 18.2 Å². The molecule has 1 aromatic rings. The van der Waals surface area contributed by atoms with Crippen LogP contribution >= 0.6 is 18.7 Å². The average molecular weight is 191 g/mol. The van der Waals surface area contributed by atoms with Gasteiger partial charge in [0.15, 0.2) is 13.3 Å². The van der Waals surface area contributed by atoms with Gasteiger partial charge >= 0.3 is 0 Å². The molecule has 1 aromatic carbocycles. The molecule has 4 heteroatoms. The zero-order chi connectivity index (χ0) is 8.10. The van der Waals surface area contributed by atoms with E-state index in [0.717, 1.165) is 0 Å². The number of para-hydroxylation sites is 1. The Morgan fingerprint density at radius 2 is 1.91 bits per heavy atom. The van der Waals surface area contributed by atoms with Crippen molar-refractivity contribution in [3.8, 4) is 5.75 Å². The predicted octanol–water partition coefficient (Wildman–Crippen LogP) is 3.18. The van der Waals surface area contributed by atoms with Crippen molar-refractivity contribution in [3.63, 3.8) is 0 Å². The van der Waals surface area contributed by atoms with Crippen LogP contribution in [0.25, 0.3) is 0 Å². The lowest BCUT2D eigenvalue weighted by atomic mass is 10.3. The molecule has 0 aliphatic carbocycles. The van der Waals surface area contributed by atoms with E-state index >= 15 is 0 Å². The first-order valence-corrected chi connectivity index (χ1v) is 5.69. The van der Waals surface area contributed by atoms with E-state index < -0.39 is 7.50 Å². The summed E-state index contributed by atoms with van der Waals surface area (Å²) in [5, 5.41) is 0. The SMILES string of the molecule is CP(Cl)OOc1ccccc1. The van der Waals surface area contributed by atoms with Gasteiger partial charge in [-0.15, -0.1) is 0 Å². The summed E-state index contributed by atoms with van der Waals surface area (Å²) in [7, 11) is -0.974. The smallest absolute Gasteiger partial charge is 0.175 e. The summed E-state index contributed by atoms with van der Waals surface area (Å²) in [5.41, 5.74) is 0. The van der Waals surface area contributed by atoms with Crippen LogP contribution in [0.15, 0.2) is 30.3 Å². The van der Waals surface area contributed by atoms with Gasteiger partial charge in [0.05, 0.1) is 0 Å². The van der Waals surface area contributed by atoms with Gasteiger partial charge in [0.25, 0.3) is 0 Å². The second-order valence-electron chi connectivity index (χ2n) is 1.89. The third-order valence-electron chi connectivity index (χ3n) is 0.979. The van der Waals surface area contributed by atoms with Crippen LogP contribution in [0.3, 0.4) is 0 Å². The molecule has 0 radical (unpaired) electrons. The third-order valence-corrected chi connectivity index (χ3v) is 1.43. The molecule has 2 nitrogen and oxygen atoms in total. The van der Waals surface area contributed by atoms with E-state index in [2.05, 4.69) is 0 Å². The molecule has 0 amide bonds. The minimum Gasteiger partial charge on any atom is -0.333 e. The van der Waals surface area contributed by atoms with Crippen LogP contribution in [-0.2, 0) is 4.67 Å². The zero-order valence-corrected chi connectivity index (χ0v) is 7.68. The van der Waals surface area contributed by atoms with Crippen molar-refractivity contribution < 1.29 is 9.56 Å². The number of rotatable bonds is 3. The molecular formula is C7H8ClO2P. The van der Waals surface area contributed by atoms with Crippen LogP contribution in [0, 0.1) is 0 Å². The van der Waals surface area contributed by atoms with Gasteiger partial charge in [-0.25, -0.2) is 0 Å². The Kier molecular flexibility index (Phi) is 3.64. The van der Waals surface area contributed by atoms with Gasteiger partial charge in [-0.3, -0.25) is 0 Å². The molecule has 0 aliphatic rings. The van der Waals surface area contributed by atoms with Crippen molar-refractivity contribution in [1.82, 2.24) is 0 Å². The highest BCUT2D eigenvalue weighted by Crippen LogP contribution is 2.37. The Bertz CT molecular complexity index is 203. The number of hydrogen-bond donors (Lipinski definition) is 0. The summed E-state index contributed by atoms with van der Waals surface area (Å²) < 4.78 is 4.76. The van der Waals surface area contributed by atoms with Crippen molar-refractivity contribution in [2.24, 2.45) is 0 Å². The highest BCUT2D eigenvalue weighted by atomic mass is 35.7. The van der Waals surface area contributed by atoms with Crippen LogP contribution in [0.5, 0.6) is 5.75 Å². The standard InChI is InChI=1S/C7H8ClO2P/c1-11(8)10-9-7-5-3-2-4-6-7/h2-6H,1H3. The summed E-state index contributed by atoms with van der Waals surface area (Å²) in [6.45, 7) is 1.75. The van der Waals surface area contributed by atoms with E-state index in [0.29, 0.717) is 5.75 Å². The zero-order valence-electron chi connectivity index (χ0n) is 6.03. The van der Waals surface area contributed by atoms with Gasteiger partial charge in [-0.05, 0) is 18.8 Å². The lowest BCUT2D eigenvalue weighted by molar-refractivity contribution is -0.0852. The van der Waals surface area contributed by atoms with Gasteiger partial charge < -0.3 is 4.89 Å². The number of halogens is 1. The van der Waals surface area contributed by atoms with Gasteiger partial charge in [-0.2, -0.15) is 4.67 Å².